The van der Waals surface area contributed by atoms with Gasteiger partial charge in [-0.3, -0.25) is 4.79 Å². The second-order valence-corrected chi connectivity index (χ2v) is 7.78. The van der Waals surface area contributed by atoms with Crippen molar-refractivity contribution in [2.45, 2.75) is 6.92 Å². The van der Waals surface area contributed by atoms with E-state index in [-0.39, 0.29) is 5.91 Å². The van der Waals surface area contributed by atoms with Gasteiger partial charge in [0.2, 0.25) is 5.95 Å². The van der Waals surface area contributed by atoms with Crippen molar-refractivity contribution in [2.24, 2.45) is 0 Å². The van der Waals surface area contributed by atoms with Crippen LogP contribution in [0.5, 0.6) is 11.5 Å². The van der Waals surface area contributed by atoms with Crippen LogP contribution in [0.2, 0.25) is 0 Å². The minimum absolute atomic E-state index is 0.0515. The van der Waals surface area contributed by atoms with E-state index in [9.17, 15) is 4.79 Å². The van der Waals surface area contributed by atoms with Gasteiger partial charge < -0.3 is 19.3 Å². The molecule has 1 aliphatic heterocycles. The van der Waals surface area contributed by atoms with E-state index in [4.69, 9.17) is 9.47 Å². The number of hydrogen-bond donors (Lipinski definition) is 0. The number of ether oxygens (including phenoxy) is 2. The summed E-state index contributed by atoms with van der Waals surface area (Å²) in [7, 11) is 1.56. The van der Waals surface area contributed by atoms with Crippen molar-refractivity contribution in [3.05, 3.63) is 52.5 Å². The number of carbonyl (C=O) groups is 1. The van der Waals surface area contributed by atoms with Crippen LogP contribution in [0.1, 0.15) is 17.3 Å². The zero-order valence-corrected chi connectivity index (χ0v) is 18.9. The molecule has 0 unspecified atom stereocenters. The van der Waals surface area contributed by atoms with Crippen molar-refractivity contribution in [1.29, 1.82) is 0 Å². The summed E-state index contributed by atoms with van der Waals surface area (Å²) in [6.07, 6.45) is 0. The van der Waals surface area contributed by atoms with E-state index in [0.29, 0.717) is 60.3 Å². The molecule has 31 heavy (non-hydrogen) atoms. The van der Waals surface area contributed by atoms with Crippen molar-refractivity contribution in [2.75, 3.05) is 44.8 Å². The Kier molecular flexibility index (Phi) is 6.36. The van der Waals surface area contributed by atoms with E-state index in [2.05, 4.69) is 36.4 Å². The monoisotopic (exact) mass is 486 g/mol. The molecule has 10 heteroatoms. The largest absolute Gasteiger partial charge is 0.493 e. The molecule has 1 aliphatic rings. The fraction of sp³-hybridized carbons (Fsp3) is 0.333. The number of carbonyl (C=O) groups excluding carboxylic acids is 1. The molecule has 1 fully saturated rings. The molecule has 0 bridgehead atoms. The average Bonchev–Trinajstić information content (AvgIpc) is 3.30. The Bertz CT molecular complexity index is 1050. The molecule has 1 aromatic heterocycles. The van der Waals surface area contributed by atoms with Gasteiger partial charge >= 0.3 is 0 Å². The van der Waals surface area contributed by atoms with E-state index in [0.717, 1.165) is 5.69 Å². The standard InChI is InChI=1S/C21H23BrN6O3/c1-3-31-19-17(22)13-15(14-18(19)30-2)20(29)26-9-11-27(12-10-26)21-23-24-25-28(21)16-7-5-4-6-8-16/h4-8,13-14H,3,9-12H2,1-2H3. The lowest BCUT2D eigenvalue weighted by molar-refractivity contribution is 0.0745. The first-order valence-corrected chi connectivity index (χ1v) is 10.8. The summed E-state index contributed by atoms with van der Waals surface area (Å²) in [4.78, 5) is 17.0. The van der Waals surface area contributed by atoms with Gasteiger partial charge in [-0.25, -0.2) is 0 Å². The number of aromatic nitrogens is 4. The van der Waals surface area contributed by atoms with Crippen molar-refractivity contribution in [1.82, 2.24) is 25.1 Å². The molecule has 0 N–H and O–H groups in total. The number of tetrazole rings is 1. The van der Waals surface area contributed by atoms with Gasteiger partial charge in [0.25, 0.3) is 5.91 Å². The van der Waals surface area contributed by atoms with E-state index < -0.39 is 0 Å². The summed E-state index contributed by atoms with van der Waals surface area (Å²) in [5.74, 6) is 1.74. The Morgan fingerprint density at radius 3 is 2.55 bits per heavy atom. The molecule has 162 valence electrons. The molecular weight excluding hydrogens is 464 g/mol. The number of anilines is 1. The van der Waals surface area contributed by atoms with Crippen LogP contribution in [0.15, 0.2) is 46.9 Å². The highest BCUT2D eigenvalue weighted by molar-refractivity contribution is 9.10. The molecule has 2 aromatic carbocycles. The number of amides is 1. The lowest BCUT2D eigenvalue weighted by Crippen LogP contribution is -2.49. The Morgan fingerprint density at radius 1 is 1.13 bits per heavy atom. The van der Waals surface area contributed by atoms with Crippen molar-refractivity contribution < 1.29 is 14.3 Å². The molecule has 1 amide bonds. The van der Waals surface area contributed by atoms with Gasteiger partial charge in [-0.1, -0.05) is 23.3 Å². The Labute approximate surface area is 188 Å². The Balaban J connectivity index is 1.47. The molecule has 4 rings (SSSR count). The lowest BCUT2D eigenvalue weighted by atomic mass is 10.1. The average molecular weight is 487 g/mol. The van der Waals surface area contributed by atoms with Crippen molar-refractivity contribution in [3.63, 3.8) is 0 Å². The summed E-state index contributed by atoms with van der Waals surface area (Å²) in [5, 5.41) is 12.1. The van der Waals surface area contributed by atoms with Gasteiger partial charge in [0, 0.05) is 31.7 Å². The Morgan fingerprint density at radius 2 is 1.87 bits per heavy atom. The van der Waals surface area contributed by atoms with Crippen LogP contribution in [0, 0.1) is 0 Å². The molecule has 2 heterocycles. The highest BCUT2D eigenvalue weighted by Gasteiger charge is 2.26. The van der Waals surface area contributed by atoms with Crippen molar-refractivity contribution in [3.8, 4) is 17.2 Å². The highest BCUT2D eigenvalue weighted by Crippen LogP contribution is 2.37. The van der Waals surface area contributed by atoms with Crippen LogP contribution in [-0.2, 0) is 0 Å². The topological polar surface area (TPSA) is 85.6 Å². The first kappa shape index (κ1) is 21.1. The van der Waals surface area contributed by atoms with Crippen LogP contribution in [0.25, 0.3) is 5.69 Å². The molecule has 0 spiro atoms. The number of nitrogens with zero attached hydrogens (tertiary/aromatic N) is 6. The maximum atomic E-state index is 13.1. The summed E-state index contributed by atoms with van der Waals surface area (Å²) in [6, 6.07) is 13.2. The lowest BCUT2D eigenvalue weighted by Gasteiger charge is -2.35. The maximum Gasteiger partial charge on any atom is 0.254 e. The van der Waals surface area contributed by atoms with Gasteiger partial charge in [-0.05, 0) is 57.5 Å². The van der Waals surface area contributed by atoms with Crippen molar-refractivity contribution >= 4 is 27.8 Å². The number of piperazine rings is 1. The van der Waals surface area contributed by atoms with E-state index >= 15 is 0 Å². The number of para-hydroxylation sites is 1. The predicted molar refractivity (Wildman–Crippen MR) is 119 cm³/mol. The summed E-state index contributed by atoms with van der Waals surface area (Å²) in [6.45, 7) is 4.80. The third kappa shape index (κ3) is 4.34. The van der Waals surface area contributed by atoms with Gasteiger partial charge in [-0.2, -0.15) is 4.68 Å². The second kappa shape index (κ2) is 9.34. The van der Waals surface area contributed by atoms with Gasteiger partial charge in [0.15, 0.2) is 11.5 Å². The molecule has 1 saturated heterocycles. The normalized spacial score (nSPS) is 13.9. The van der Waals surface area contributed by atoms with Crippen LogP contribution in [-0.4, -0.2) is 70.9 Å². The molecule has 0 radical (unpaired) electrons. The summed E-state index contributed by atoms with van der Waals surface area (Å²) >= 11 is 3.49. The molecule has 0 saturated carbocycles. The first-order chi connectivity index (χ1) is 15.1. The number of methoxy groups -OCH3 is 1. The minimum atomic E-state index is -0.0515. The van der Waals surface area contributed by atoms with E-state index in [1.807, 2.05) is 42.2 Å². The van der Waals surface area contributed by atoms with Crippen LogP contribution >= 0.6 is 15.9 Å². The maximum absolute atomic E-state index is 13.1. The fourth-order valence-electron chi connectivity index (χ4n) is 3.54. The third-order valence-corrected chi connectivity index (χ3v) is 5.66. The highest BCUT2D eigenvalue weighted by atomic mass is 79.9. The van der Waals surface area contributed by atoms with Gasteiger partial charge in [0.1, 0.15) is 0 Å². The third-order valence-electron chi connectivity index (χ3n) is 5.07. The summed E-state index contributed by atoms with van der Waals surface area (Å²) in [5.41, 5.74) is 1.45. The second-order valence-electron chi connectivity index (χ2n) is 6.93. The molecule has 0 atom stereocenters. The zero-order valence-electron chi connectivity index (χ0n) is 17.4. The fourth-order valence-corrected chi connectivity index (χ4v) is 4.09. The smallest absolute Gasteiger partial charge is 0.254 e. The molecule has 9 nitrogen and oxygen atoms in total. The van der Waals surface area contributed by atoms with Gasteiger partial charge in [0.05, 0.1) is 23.9 Å². The number of rotatable bonds is 6. The number of hydrogen-bond acceptors (Lipinski definition) is 7. The van der Waals surface area contributed by atoms with Crippen LogP contribution in [0.4, 0.5) is 5.95 Å². The van der Waals surface area contributed by atoms with Crippen LogP contribution in [0.3, 0.4) is 0 Å². The van der Waals surface area contributed by atoms with Crippen LogP contribution < -0.4 is 14.4 Å². The Hall–Kier alpha value is -3.14. The number of halogens is 1. The predicted octanol–water partition coefficient (Wildman–Crippen LogP) is 2.79. The minimum Gasteiger partial charge on any atom is -0.493 e. The molecular formula is C21H23BrN6O3. The number of benzene rings is 2. The molecule has 0 aliphatic carbocycles. The summed E-state index contributed by atoms with van der Waals surface area (Å²) < 4.78 is 13.4. The van der Waals surface area contributed by atoms with E-state index in [1.165, 1.54) is 0 Å². The molecule has 3 aromatic rings. The van der Waals surface area contributed by atoms with E-state index in [1.54, 1.807) is 23.9 Å². The quantitative estimate of drug-likeness (QED) is 0.529. The SMILES string of the molecule is CCOc1c(Br)cc(C(=O)N2CCN(c3nnnn3-c3ccccc3)CC2)cc1OC. The first-order valence-electron chi connectivity index (χ1n) is 10.0. The zero-order chi connectivity index (χ0) is 21.8. The van der Waals surface area contributed by atoms with Gasteiger partial charge in [-0.15, -0.1) is 0 Å².